The van der Waals surface area contributed by atoms with Gasteiger partial charge in [-0.1, -0.05) is 152 Å². The zero-order chi connectivity index (χ0) is 31.8. The van der Waals surface area contributed by atoms with Gasteiger partial charge in [-0.2, -0.15) is 0 Å². The van der Waals surface area contributed by atoms with Crippen molar-refractivity contribution in [3.8, 4) is 28.0 Å². The predicted octanol–water partition coefficient (Wildman–Crippen LogP) is 12.4. The molecule has 8 aromatic carbocycles. The Morgan fingerprint density at radius 1 is 0.458 bits per heavy atom. The largest absolute Gasteiger partial charge is 0.484 e. The highest BCUT2D eigenvalue weighted by Gasteiger charge is 2.38. The number of hydrogen-bond acceptors (Lipinski definition) is 1. The highest BCUT2D eigenvalue weighted by Crippen LogP contribution is 2.51. The van der Waals surface area contributed by atoms with E-state index >= 15 is 0 Å². The fourth-order valence-corrected chi connectivity index (χ4v) is 8.52. The van der Waals surface area contributed by atoms with Crippen LogP contribution in [0.3, 0.4) is 0 Å². The standard InChI is InChI=1S/C47H32O/c1-29-32-16-5-7-18-34(32)46(35-19-8-6-17-33(29)35)41-25-13-24-40-42-28-31(26-27-43(42)48-47(40)41)45-38-22-11-9-20-36(38)44(30-14-3-2-4-15-30)37-21-10-12-23-39(37)45/h2-28,40,47H,1H3. The van der Waals surface area contributed by atoms with Crippen LogP contribution in [0.4, 0.5) is 0 Å². The summed E-state index contributed by atoms with van der Waals surface area (Å²) in [5.41, 5.74) is 10.1. The van der Waals surface area contributed by atoms with Crippen LogP contribution in [-0.2, 0) is 0 Å². The van der Waals surface area contributed by atoms with Gasteiger partial charge in [0.25, 0.3) is 0 Å². The van der Waals surface area contributed by atoms with Gasteiger partial charge in [-0.25, -0.2) is 0 Å². The molecular formula is C47H32O. The number of allylic oxidation sites excluding steroid dienone is 2. The molecule has 0 spiro atoms. The molecule has 0 bridgehead atoms. The summed E-state index contributed by atoms with van der Waals surface area (Å²) in [6.45, 7) is 2.25. The van der Waals surface area contributed by atoms with E-state index in [9.17, 15) is 0 Å². The van der Waals surface area contributed by atoms with Gasteiger partial charge in [-0.15, -0.1) is 0 Å². The predicted molar refractivity (Wildman–Crippen MR) is 203 cm³/mol. The minimum atomic E-state index is -0.0938. The van der Waals surface area contributed by atoms with Crippen LogP contribution < -0.4 is 4.74 Å². The Bertz CT molecular complexity index is 2540. The fraction of sp³-hybridized carbons (Fsp3) is 0.0638. The lowest BCUT2D eigenvalue weighted by Gasteiger charge is -2.26. The van der Waals surface area contributed by atoms with Crippen molar-refractivity contribution >= 4 is 48.7 Å². The fourth-order valence-electron chi connectivity index (χ4n) is 8.52. The van der Waals surface area contributed by atoms with Crippen molar-refractivity contribution in [3.05, 3.63) is 181 Å². The average molecular weight is 613 g/mol. The van der Waals surface area contributed by atoms with Crippen molar-refractivity contribution in [2.75, 3.05) is 0 Å². The van der Waals surface area contributed by atoms with Gasteiger partial charge in [0.15, 0.2) is 0 Å². The summed E-state index contributed by atoms with van der Waals surface area (Å²) in [6.07, 6.45) is 6.76. The van der Waals surface area contributed by atoms with Gasteiger partial charge in [-0.3, -0.25) is 0 Å². The van der Waals surface area contributed by atoms with Crippen LogP contribution in [-0.4, -0.2) is 6.10 Å². The van der Waals surface area contributed by atoms with Crippen LogP contribution in [0.5, 0.6) is 5.75 Å². The summed E-state index contributed by atoms with van der Waals surface area (Å²) >= 11 is 0. The number of hydrogen-bond donors (Lipinski definition) is 0. The Hall–Kier alpha value is -5.92. The first-order valence-electron chi connectivity index (χ1n) is 16.8. The third-order valence-electron chi connectivity index (χ3n) is 10.6. The molecule has 1 aliphatic heterocycles. The number of ether oxygens (including phenoxy) is 1. The normalized spacial score (nSPS) is 16.6. The van der Waals surface area contributed by atoms with Crippen molar-refractivity contribution in [2.24, 2.45) is 0 Å². The van der Waals surface area contributed by atoms with Crippen molar-refractivity contribution in [1.82, 2.24) is 0 Å². The van der Waals surface area contributed by atoms with Gasteiger partial charge >= 0.3 is 0 Å². The lowest BCUT2D eigenvalue weighted by atomic mass is 9.80. The molecule has 1 heterocycles. The molecule has 1 heteroatoms. The summed E-state index contributed by atoms with van der Waals surface area (Å²) in [5, 5.41) is 10.2. The van der Waals surface area contributed by atoms with Crippen LogP contribution in [0, 0.1) is 6.92 Å². The summed E-state index contributed by atoms with van der Waals surface area (Å²) in [5.74, 6) is 1.10. The molecule has 2 unspecified atom stereocenters. The number of benzene rings is 8. The maximum Gasteiger partial charge on any atom is 0.135 e. The van der Waals surface area contributed by atoms with E-state index < -0.39 is 0 Å². The smallest absolute Gasteiger partial charge is 0.135 e. The van der Waals surface area contributed by atoms with Gasteiger partial charge in [0.05, 0.1) is 0 Å². The molecule has 1 nitrogen and oxygen atoms in total. The monoisotopic (exact) mass is 612 g/mol. The van der Waals surface area contributed by atoms with Crippen LogP contribution in [0.25, 0.3) is 70.9 Å². The molecule has 2 aliphatic rings. The number of fused-ring (bicyclic) bond motifs is 7. The minimum Gasteiger partial charge on any atom is -0.484 e. The molecule has 226 valence electrons. The molecule has 0 radical (unpaired) electrons. The second kappa shape index (κ2) is 10.6. The first-order valence-corrected chi connectivity index (χ1v) is 16.8. The highest BCUT2D eigenvalue weighted by atomic mass is 16.5. The van der Waals surface area contributed by atoms with Crippen LogP contribution in [0.2, 0.25) is 0 Å². The van der Waals surface area contributed by atoms with Gasteiger partial charge in [0.1, 0.15) is 11.9 Å². The summed E-state index contributed by atoms with van der Waals surface area (Å²) in [7, 11) is 0. The van der Waals surface area contributed by atoms with Crippen molar-refractivity contribution < 1.29 is 4.74 Å². The van der Waals surface area contributed by atoms with Gasteiger partial charge < -0.3 is 4.74 Å². The van der Waals surface area contributed by atoms with Crippen molar-refractivity contribution in [2.45, 2.75) is 18.9 Å². The second-order valence-electron chi connectivity index (χ2n) is 13.1. The third kappa shape index (κ3) is 3.91. The quantitative estimate of drug-likeness (QED) is 0.180. The van der Waals surface area contributed by atoms with E-state index in [4.69, 9.17) is 4.74 Å². The average Bonchev–Trinajstić information content (AvgIpc) is 3.53. The Balaban J connectivity index is 1.15. The minimum absolute atomic E-state index is 0.0938. The topological polar surface area (TPSA) is 9.23 Å². The van der Waals surface area contributed by atoms with Crippen molar-refractivity contribution in [3.63, 3.8) is 0 Å². The summed E-state index contributed by atoms with van der Waals surface area (Å²) in [6, 6.07) is 53.1. The zero-order valence-corrected chi connectivity index (χ0v) is 26.7. The molecule has 0 saturated carbocycles. The summed E-state index contributed by atoms with van der Waals surface area (Å²) < 4.78 is 6.93. The van der Waals surface area contributed by atoms with Gasteiger partial charge in [0.2, 0.25) is 0 Å². The zero-order valence-electron chi connectivity index (χ0n) is 26.7. The van der Waals surface area contributed by atoms with E-state index in [-0.39, 0.29) is 12.0 Å². The molecule has 0 N–H and O–H groups in total. The highest BCUT2D eigenvalue weighted by molar-refractivity contribution is 6.21. The third-order valence-corrected chi connectivity index (χ3v) is 10.6. The Morgan fingerprint density at radius 2 is 0.938 bits per heavy atom. The molecule has 0 aromatic heterocycles. The second-order valence-corrected chi connectivity index (χ2v) is 13.1. The molecule has 0 saturated heterocycles. The molecule has 1 aliphatic carbocycles. The Morgan fingerprint density at radius 3 is 1.50 bits per heavy atom. The number of rotatable bonds is 3. The Labute approximate surface area is 280 Å². The lowest BCUT2D eigenvalue weighted by Crippen LogP contribution is -2.21. The van der Waals surface area contributed by atoms with E-state index in [1.54, 1.807) is 0 Å². The molecule has 0 fully saturated rings. The molecule has 48 heavy (non-hydrogen) atoms. The van der Waals surface area contributed by atoms with E-state index in [1.807, 2.05) is 0 Å². The van der Waals surface area contributed by atoms with E-state index in [2.05, 4.69) is 171 Å². The first-order chi connectivity index (χ1) is 23.8. The van der Waals surface area contributed by atoms with Crippen LogP contribution >= 0.6 is 0 Å². The lowest BCUT2D eigenvalue weighted by molar-refractivity contribution is 0.278. The van der Waals surface area contributed by atoms with E-state index in [1.165, 1.54) is 87.6 Å². The van der Waals surface area contributed by atoms with Crippen LogP contribution in [0.15, 0.2) is 164 Å². The van der Waals surface area contributed by atoms with E-state index in [0.717, 1.165) is 5.75 Å². The first kappa shape index (κ1) is 27.2. The SMILES string of the molecule is Cc1c2ccccc2c(C2=CC=CC3c4cc(-c5c6ccccc6c(-c6ccccc6)c6ccccc56)ccc4OC23)c2ccccc12. The molecule has 2 atom stereocenters. The maximum absolute atomic E-state index is 6.93. The van der Waals surface area contributed by atoms with E-state index in [0.29, 0.717) is 0 Å². The van der Waals surface area contributed by atoms with Gasteiger partial charge in [-0.05, 0) is 95.5 Å². The molecule has 8 aromatic rings. The summed E-state index contributed by atoms with van der Waals surface area (Å²) in [4.78, 5) is 0. The number of aryl methyl sites for hydroxylation is 1. The van der Waals surface area contributed by atoms with Crippen LogP contribution in [0.1, 0.15) is 22.6 Å². The maximum atomic E-state index is 6.93. The molecule has 0 amide bonds. The molecular weight excluding hydrogens is 581 g/mol. The molecule has 10 rings (SSSR count). The Kier molecular flexibility index (Phi) is 5.98. The van der Waals surface area contributed by atoms with Gasteiger partial charge in [0, 0.05) is 17.1 Å². The van der Waals surface area contributed by atoms with Crippen molar-refractivity contribution in [1.29, 1.82) is 0 Å².